The van der Waals surface area contributed by atoms with E-state index in [2.05, 4.69) is 23.2 Å². The third kappa shape index (κ3) is 4.17. The Morgan fingerprint density at radius 3 is 2.69 bits per heavy atom. The zero-order valence-electron chi connectivity index (χ0n) is 14.9. The van der Waals surface area contributed by atoms with Gasteiger partial charge in [-0.1, -0.05) is 36.4 Å². The first-order chi connectivity index (χ1) is 12.7. The van der Waals surface area contributed by atoms with Crippen molar-refractivity contribution >= 4 is 17.4 Å². The molecular formula is C21H22N2O3. The van der Waals surface area contributed by atoms with Gasteiger partial charge in [-0.05, 0) is 48.6 Å². The summed E-state index contributed by atoms with van der Waals surface area (Å²) in [7, 11) is 0. The molecule has 5 heteroatoms. The molecule has 134 valence electrons. The van der Waals surface area contributed by atoms with Crippen LogP contribution < -0.4 is 0 Å². The number of pyridine rings is 1. The van der Waals surface area contributed by atoms with E-state index < -0.39 is 11.9 Å². The quantitative estimate of drug-likeness (QED) is 0.614. The molecular weight excluding hydrogens is 328 g/mol. The first kappa shape index (κ1) is 17.9. The number of hydrogen-bond donors (Lipinski definition) is 0. The number of benzene rings is 1. The maximum atomic E-state index is 12.6. The summed E-state index contributed by atoms with van der Waals surface area (Å²) in [6.45, 7) is 2.48. The van der Waals surface area contributed by atoms with Crippen LogP contribution in [0.1, 0.15) is 30.2 Å². The first-order valence-corrected chi connectivity index (χ1v) is 8.82. The van der Waals surface area contributed by atoms with Crippen molar-refractivity contribution in [1.29, 1.82) is 0 Å². The Balaban J connectivity index is 1.85. The van der Waals surface area contributed by atoms with Crippen LogP contribution in [0.4, 0.5) is 0 Å². The standard InChI is InChI=1S/C21H22N2O3/c1-2-26-21(25)20(24)23(15-18-11-5-6-13-22-18)14-17-10-7-9-16-8-3-4-12-19(16)17/h3-6,8,10-13H,2,7,9,14-15H2,1H3. The SMILES string of the molecule is CCOC(=O)C(=O)N(CC1=CCCc2ccccc21)Cc1ccccn1. The number of carbonyl (C=O) groups excluding carboxylic acids is 2. The molecule has 0 aliphatic heterocycles. The van der Waals surface area contributed by atoms with Crippen molar-refractivity contribution in [3.63, 3.8) is 0 Å². The normalized spacial score (nSPS) is 12.7. The summed E-state index contributed by atoms with van der Waals surface area (Å²) in [4.78, 5) is 30.4. The highest BCUT2D eigenvalue weighted by molar-refractivity contribution is 6.32. The number of ether oxygens (including phenoxy) is 1. The fraction of sp³-hybridized carbons (Fsp3) is 0.286. The molecule has 0 saturated carbocycles. The van der Waals surface area contributed by atoms with Crippen LogP contribution in [-0.2, 0) is 27.3 Å². The summed E-state index contributed by atoms with van der Waals surface area (Å²) in [5.74, 6) is -1.46. The minimum absolute atomic E-state index is 0.174. The highest BCUT2D eigenvalue weighted by Crippen LogP contribution is 2.27. The maximum Gasteiger partial charge on any atom is 0.397 e. The second kappa shape index (κ2) is 8.43. The highest BCUT2D eigenvalue weighted by atomic mass is 16.5. The molecule has 1 amide bonds. The van der Waals surface area contributed by atoms with Gasteiger partial charge in [0.2, 0.25) is 0 Å². The number of allylic oxidation sites excluding steroid dienone is 1. The number of nitrogens with zero attached hydrogens (tertiary/aromatic N) is 2. The highest BCUT2D eigenvalue weighted by Gasteiger charge is 2.26. The molecule has 0 bridgehead atoms. The molecule has 0 fully saturated rings. The predicted octanol–water partition coefficient (Wildman–Crippen LogP) is 3.00. The van der Waals surface area contributed by atoms with E-state index in [-0.39, 0.29) is 13.2 Å². The molecule has 1 aliphatic carbocycles. The molecule has 3 rings (SSSR count). The van der Waals surface area contributed by atoms with Gasteiger partial charge in [0.1, 0.15) is 0 Å². The summed E-state index contributed by atoms with van der Waals surface area (Å²) >= 11 is 0. The van der Waals surface area contributed by atoms with Crippen LogP contribution in [-0.4, -0.2) is 34.9 Å². The number of fused-ring (bicyclic) bond motifs is 1. The van der Waals surface area contributed by atoms with Crippen molar-refractivity contribution in [2.45, 2.75) is 26.3 Å². The van der Waals surface area contributed by atoms with E-state index >= 15 is 0 Å². The molecule has 0 saturated heterocycles. The second-order valence-corrected chi connectivity index (χ2v) is 6.13. The summed E-state index contributed by atoms with van der Waals surface area (Å²) in [5, 5.41) is 0. The van der Waals surface area contributed by atoms with Crippen LogP contribution in [0, 0.1) is 0 Å². The number of hydrogen-bond acceptors (Lipinski definition) is 4. The van der Waals surface area contributed by atoms with Crippen LogP contribution in [0.2, 0.25) is 0 Å². The molecule has 0 spiro atoms. The van der Waals surface area contributed by atoms with Gasteiger partial charge in [-0.15, -0.1) is 0 Å². The van der Waals surface area contributed by atoms with E-state index in [4.69, 9.17) is 4.74 Å². The fourth-order valence-electron chi connectivity index (χ4n) is 3.13. The number of rotatable bonds is 5. The summed E-state index contributed by atoms with van der Waals surface area (Å²) in [6.07, 6.45) is 5.74. The van der Waals surface area contributed by atoms with Gasteiger partial charge in [-0.2, -0.15) is 0 Å². The van der Waals surface area contributed by atoms with Crippen molar-refractivity contribution in [1.82, 2.24) is 9.88 Å². The predicted molar refractivity (Wildman–Crippen MR) is 99.0 cm³/mol. The van der Waals surface area contributed by atoms with Gasteiger partial charge < -0.3 is 9.64 Å². The van der Waals surface area contributed by atoms with Crippen molar-refractivity contribution in [3.8, 4) is 0 Å². The van der Waals surface area contributed by atoms with Gasteiger partial charge in [-0.25, -0.2) is 4.79 Å². The largest absolute Gasteiger partial charge is 0.459 e. The van der Waals surface area contributed by atoms with Crippen molar-refractivity contribution < 1.29 is 14.3 Å². The Hall–Kier alpha value is -2.95. The summed E-state index contributed by atoms with van der Waals surface area (Å²) < 4.78 is 4.91. The molecule has 2 aromatic rings. The van der Waals surface area contributed by atoms with E-state index in [0.29, 0.717) is 6.54 Å². The Morgan fingerprint density at radius 2 is 1.92 bits per heavy atom. The second-order valence-electron chi connectivity index (χ2n) is 6.13. The van der Waals surface area contributed by atoms with E-state index in [1.807, 2.05) is 30.3 Å². The Kier molecular flexibility index (Phi) is 5.79. The lowest BCUT2D eigenvalue weighted by Gasteiger charge is -2.25. The monoisotopic (exact) mass is 350 g/mol. The Bertz CT molecular complexity index is 815. The number of aryl methyl sites for hydroxylation is 1. The van der Waals surface area contributed by atoms with Crippen LogP contribution in [0.25, 0.3) is 5.57 Å². The Labute approximate surface area is 153 Å². The molecule has 1 aromatic heterocycles. The van der Waals surface area contributed by atoms with E-state index in [1.165, 1.54) is 10.5 Å². The minimum atomic E-state index is -0.826. The van der Waals surface area contributed by atoms with Gasteiger partial charge in [0.05, 0.1) is 18.8 Å². The smallest absolute Gasteiger partial charge is 0.397 e. The first-order valence-electron chi connectivity index (χ1n) is 8.82. The topological polar surface area (TPSA) is 59.5 Å². The lowest BCUT2D eigenvalue weighted by molar-refractivity contribution is -0.159. The number of esters is 1. The lowest BCUT2D eigenvalue weighted by Crippen LogP contribution is -2.38. The Morgan fingerprint density at radius 1 is 1.12 bits per heavy atom. The van der Waals surface area contributed by atoms with Gasteiger partial charge in [0, 0.05) is 12.7 Å². The molecule has 0 unspecified atom stereocenters. The summed E-state index contributed by atoms with van der Waals surface area (Å²) in [6, 6.07) is 13.7. The zero-order chi connectivity index (χ0) is 18.4. The van der Waals surface area contributed by atoms with Gasteiger partial charge >= 0.3 is 11.9 Å². The van der Waals surface area contributed by atoms with Crippen LogP contribution in [0.15, 0.2) is 54.7 Å². The maximum absolute atomic E-state index is 12.6. The van der Waals surface area contributed by atoms with Gasteiger partial charge in [0.25, 0.3) is 0 Å². The van der Waals surface area contributed by atoms with Crippen LogP contribution in [0.5, 0.6) is 0 Å². The van der Waals surface area contributed by atoms with Crippen LogP contribution >= 0.6 is 0 Å². The molecule has 1 aliphatic rings. The van der Waals surface area contributed by atoms with Gasteiger partial charge in [-0.3, -0.25) is 9.78 Å². The van der Waals surface area contributed by atoms with Crippen molar-refractivity contribution in [3.05, 3.63) is 71.6 Å². The number of carbonyl (C=O) groups is 2. The van der Waals surface area contributed by atoms with E-state index in [1.54, 1.807) is 13.1 Å². The third-order valence-corrected chi connectivity index (χ3v) is 4.35. The zero-order valence-corrected chi connectivity index (χ0v) is 14.9. The van der Waals surface area contributed by atoms with Crippen molar-refractivity contribution in [2.75, 3.05) is 13.2 Å². The fourth-order valence-corrected chi connectivity index (χ4v) is 3.13. The van der Waals surface area contributed by atoms with E-state index in [0.717, 1.165) is 29.7 Å². The molecule has 0 atom stereocenters. The van der Waals surface area contributed by atoms with Gasteiger partial charge in [0.15, 0.2) is 0 Å². The summed E-state index contributed by atoms with van der Waals surface area (Å²) in [5.41, 5.74) is 4.20. The average molecular weight is 350 g/mol. The lowest BCUT2D eigenvalue weighted by atomic mass is 9.90. The van der Waals surface area contributed by atoms with Crippen LogP contribution in [0.3, 0.4) is 0 Å². The number of aromatic nitrogens is 1. The third-order valence-electron chi connectivity index (χ3n) is 4.35. The molecule has 26 heavy (non-hydrogen) atoms. The molecule has 1 heterocycles. The molecule has 5 nitrogen and oxygen atoms in total. The number of amides is 1. The molecule has 0 radical (unpaired) electrons. The average Bonchev–Trinajstić information content (AvgIpc) is 2.68. The van der Waals surface area contributed by atoms with Crippen molar-refractivity contribution in [2.24, 2.45) is 0 Å². The van der Waals surface area contributed by atoms with E-state index in [9.17, 15) is 9.59 Å². The molecule has 1 aromatic carbocycles. The minimum Gasteiger partial charge on any atom is -0.459 e. The molecule has 0 N–H and O–H groups in total.